The molecule has 0 saturated heterocycles. The molecule has 0 atom stereocenters. The van der Waals surface area contributed by atoms with Crippen LogP contribution >= 0.6 is 0 Å². The molecule has 1 nitrogen and oxygen atoms in total. The first-order chi connectivity index (χ1) is 8.31. The van der Waals surface area contributed by atoms with Crippen molar-refractivity contribution < 1.29 is 21.4 Å². The molecule has 0 bridgehead atoms. The van der Waals surface area contributed by atoms with Crippen molar-refractivity contribution in [2.75, 3.05) is 6.61 Å². The van der Waals surface area contributed by atoms with Gasteiger partial charge in [-0.05, 0) is 24.6 Å². The molecule has 0 unspecified atom stereocenters. The van der Waals surface area contributed by atoms with E-state index >= 15 is 0 Å². The number of hydrogen-bond donors (Lipinski definition) is 0. The molecule has 0 amide bonds. The molecular formula is C16H35BrMgOSi. The summed E-state index contributed by atoms with van der Waals surface area (Å²) in [4.78, 5) is 0. The molecule has 0 aliphatic rings. The van der Waals surface area contributed by atoms with Crippen LogP contribution in [0.3, 0.4) is 0 Å². The average Bonchev–Trinajstić information content (AvgIpc) is 2.25. The third-order valence-electron chi connectivity index (χ3n) is 4.16. The second kappa shape index (κ2) is 14.0. The molecule has 0 fully saturated rings. The van der Waals surface area contributed by atoms with Gasteiger partial charge in [0.25, 0.3) is 0 Å². The molecule has 0 rings (SSSR count). The topological polar surface area (TPSA) is 9.23 Å². The second-order valence-corrected chi connectivity index (χ2v) is 11.7. The minimum absolute atomic E-state index is 0. The number of rotatable bonds is 10. The van der Waals surface area contributed by atoms with Crippen LogP contribution in [0.1, 0.15) is 72.1 Å². The quantitative estimate of drug-likeness (QED) is 0.324. The van der Waals surface area contributed by atoms with Gasteiger partial charge in [-0.3, -0.25) is 0 Å². The summed E-state index contributed by atoms with van der Waals surface area (Å²) in [7, 11) is -1.50. The van der Waals surface area contributed by atoms with Crippen LogP contribution in [0.25, 0.3) is 0 Å². The van der Waals surface area contributed by atoms with E-state index in [9.17, 15) is 0 Å². The fourth-order valence-corrected chi connectivity index (χ4v) is 2.79. The van der Waals surface area contributed by atoms with E-state index in [0.29, 0.717) is 5.04 Å². The van der Waals surface area contributed by atoms with E-state index in [4.69, 9.17) is 4.43 Å². The third kappa shape index (κ3) is 13.1. The van der Waals surface area contributed by atoms with Crippen molar-refractivity contribution in [2.24, 2.45) is 0 Å². The maximum Gasteiger partial charge on any atom is 2.00 e. The van der Waals surface area contributed by atoms with Gasteiger partial charge in [-0.25, -0.2) is 0 Å². The standard InChI is InChI=1S/C16H35OSi.BrH.Mg/c1-7-8-9-10-11-12-13-14-15-17-18(5,6)16(2,3)4;;/h1,7-15H2,2-6H3;1H;/q-1;;+2/p-1. The first-order valence-corrected chi connectivity index (χ1v) is 10.7. The van der Waals surface area contributed by atoms with Gasteiger partial charge in [-0.15, -0.1) is 0 Å². The Labute approximate surface area is 156 Å². The van der Waals surface area contributed by atoms with Gasteiger partial charge in [-0.2, -0.15) is 6.42 Å². The Bertz CT molecular complexity index is 205. The Hall–Kier alpha value is 1.42. The molecule has 118 valence electrons. The van der Waals surface area contributed by atoms with Crippen LogP contribution in [0.2, 0.25) is 18.1 Å². The van der Waals surface area contributed by atoms with Crippen LogP contribution in [-0.2, 0) is 4.43 Å². The molecule has 0 aromatic rings. The van der Waals surface area contributed by atoms with Gasteiger partial charge in [0.1, 0.15) is 0 Å². The zero-order valence-electron chi connectivity index (χ0n) is 14.6. The Morgan fingerprint density at radius 3 is 1.65 bits per heavy atom. The van der Waals surface area contributed by atoms with Crippen LogP contribution in [0.4, 0.5) is 0 Å². The molecule has 4 heteroatoms. The molecule has 0 aromatic heterocycles. The van der Waals surface area contributed by atoms with Crippen molar-refractivity contribution in [1.82, 2.24) is 0 Å². The Kier molecular flexibility index (Phi) is 18.5. The Morgan fingerprint density at radius 2 is 1.25 bits per heavy atom. The number of hydrogen-bond acceptors (Lipinski definition) is 1. The molecule has 0 radical (unpaired) electrons. The van der Waals surface area contributed by atoms with E-state index in [1.165, 1.54) is 44.9 Å². The summed E-state index contributed by atoms with van der Waals surface area (Å²) >= 11 is 0. The molecule has 0 aliphatic carbocycles. The van der Waals surface area contributed by atoms with Crippen molar-refractivity contribution in [2.45, 2.75) is 90.3 Å². The van der Waals surface area contributed by atoms with Gasteiger partial charge in [0.15, 0.2) is 8.32 Å². The van der Waals surface area contributed by atoms with Gasteiger partial charge in [0.05, 0.1) is 0 Å². The summed E-state index contributed by atoms with van der Waals surface area (Å²) in [6.45, 7) is 16.4. The molecule has 0 aliphatic heterocycles. The third-order valence-corrected chi connectivity index (χ3v) is 8.70. The SMILES string of the molecule is [Br-].[CH2-]CCCCCCCCCO[Si](C)(C)C(C)(C)C.[Mg+2]. The normalized spacial score (nSPS) is 11.7. The largest absolute Gasteiger partial charge is 2.00 e. The van der Waals surface area contributed by atoms with Gasteiger partial charge >= 0.3 is 23.1 Å². The Balaban J connectivity index is -0.00000144. The van der Waals surface area contributed by atoms with E-state index in [1.54, 1.807) is 0 Å². The minimum Gasteiger partial charge on any atom is -1.00 e. The summed E-state index contributed by atoms with van der Waals surface area (Å²) in [6.07, 6.45) is 10.5. The van der Waals surface area contributed by atoms with Gasteiger partial charge in [-0.1, -0.05) is 59.3 Å². The van der Waals surface area contributed by atoms with Crippen LogP contribution in [-0.4, -0.2) is 38.0 Å². The summed E-state index contributed by atoms with van der Waals surface area (Å²) in [6, 6.07) is 0. The van der Waals surface area contributed by atoms with Crippen LogP contribution in [0, 0.1) is 6.92 Å². The summed E-state index contributed by atoms with van der Waals surface area (Å²) in [5.74, 6) is 0. The zero-order valence-corrected chi connectivity index (χ0v) is 18.6. The van der Waals surface area contributed by atoms with Crippen LogP contribution < -0.4 is 17.0 Å². The van der Waals surface area contributed by atoms with Crippen LogP contribution in [0.5, 0.6) is 0 Å². The molecule has 0 aromatic carbocycles. The first-order valence-electron chi connectivity index (χ1n) is 7.74. The monoisotopic (exact) mass is 374 g/mol. The molecule has 0 heterocycles. The van der Waals surface area contributed by atoms with Crippen molar-refractivity contribution in [3.05, 3.63) is 6.92 Å². The van der Waals surface area contributed by atoms with Crippen LogP contribution in [0.15, 0.2) is 0 Å². The number of halogens is 1. The summed E-state index contributed by atoms with van der Waals surface area (Å²) < 4.78 is 6.17. The van der Waals surface area contributed by atoms with E-state index < -0.39 is 8.32 Å². The average molecular weight is 376 g/mol. The number of unbranched alkanes of at least 4 members (excludes halogenated alkanes) is 7. The van der Waals surface area contributed by atoms with Gasteiger partial charge < -0.3 is 28.3 Å². The molecule has 0 N–H and O–H groups in total. The molecule has 20 heavy (non-hydrogen) atoms. The predicted octanol–water partition coefficient (Wildman–Crippen LogP) is 2.59. The van der Waals surface area contributed by atoms with E-state index in [0.717, 1.165) is 13.0 Å². The maximum atomic E-state index is 6.17. The van der Waals surface area contributed by atoms with E-state index in [1.807, 2.05) is 0 Å². The Morgan fingerprint density at radius 1 is 0.850 bits per heavy atom. The molecule has 0 saturated carbocycles. The summed E-state index contributed by atoms with van der Waals surface area (Å²) in [5.41, 5.74) is 0. The van der Waals surface area contributed by atoms with Crippen molar-refractivity contribution >= 4 is 31.4 Å². The fourth-order valence-electron chi connectivity index (χ4n) is 1.71. The first kappa shape index (κ1) is 26.3. The molecule has 0 spiro atoms. The van der Waals surface area contributed by atoms with Gasteiger partial charge in [0.2, 0.25) is 0 Å². The second-order valence-electron chi connectivity index (χ2n) is 6.94. The van der Waals surface area contributed by atoms with Gasteiger partial charge in [0, 0.05) is 6.61 Å². The fraction of sp³-hybridized carbons (Fsp3) is 0.938. The predicted molar refractivity (Wildman–Crippen MR) is 91.2 cm³/mol. The van der Waals surface area contributed by atoms with E-state index in [-0.39, 0.29) is 40.0 Å². The summed E-state index contributed by atoms with van der Waals surface area (Å²) in [5, 5.41) is 0.348. The minimum atomic E-state index is -1.50. The molecular weight excluding hydrogens is 340 g/mol. The zero-order chi connectivity index (χ0) is 14.1. The van der Waals surface area contributed by atoms with Crippen molar-refractivity contribution in [3.63, 3.8) is 0 Å². The smallest absolute Gasteiger partial charge is 1.00 e. The van der Waals surface area contributed by atoms with E-state index in [2.05, 4.69) is 40.8 Å². The maximum absolute atomic E-state index is 6.17. The van der Waals surface area contributed by atoms with Crippen molar-refractivity contribution in [1.29, 1.82) is 0 Å². The van der Waals surface area contributed by atoms with Crippen molar-refractivity contribution in [3.8, 4) is 0 Å².